The van der Waals surface area contributed by atoms with Crippen molar-refractivity contribution in [3.05, 3.63) is 30.5 Å². The van der Waals surface area contributed by atoms with Gasteiger partial charge < -0.3 is 9.32 Å². The van der Waals surface area contributed by atoms with Crippen LogP contribution in [-0.4, -0.2) is 13.1 Å². The van der Waals surface area contributed by atoms with E-state index < -0.39 is 0 Å². The Bertz CT molecular complexity index is 410. The highest BCUT2D eigenvalue weighted by atomic mass is 35.5. The van der Waals surface area contributed by atoms with Crippen LogP contribution in [0.2, 0.25) is 0 Å². The monoisotopic (exact) mass is 195 g/mol. The van der Waals surface area contributed by atoms with Crippen molar-refractivity contribution in [1.82, 2.24) is 0 Å². The molecule has 0 unspecified atom stereocenters. The van der Waals surface area contributed by atoms with Crippen molar-refractivity contribution in [2.75, 3.05) is 18.0 Å². The minimum atomic E-state index is 0.462. The molecule has 0 aliphatic heterocycles. The molecule has 68 valence electrons. The zero-order chi connectivity index (χ0) is 9.26. The number of anilines is 1. The first-order valence-electron chi connectivity index (χ1n) is 4.06. The van der Waals surface area contributed by atoms with Crippen molar-refractivity contribution in [1.29, 1.82) is 0 Å². The number of alkyl halides is 1. The second kappa shape index (κ2) is 3.30. The molecule has 0 aliphatic carbocycles. The number of hydrogen-bond acceptors (Lipinski definition) is 2. The molecule has 1 aromatic heterocycles. The zero-order valence-electron chi connectivity index (χ0n) is 7.33. The van der Waals surface area contributed by atoms with E-state index in [1.54, 1.807) is 6.26 Å². The van der Waals surface area contributed by atoms with Gasteiger partial charge in [-0.1, -0.05) is 12.1 Å². The van der Waals surface area contributed by atoms with Crippen LogP contribution in [0.4, 0.5) is 5.69 Å². The van der Waals surface area contributed by atoms with Gasteiger partial charge in [-0.2, -0.15) is 0 Å². The molecule has 0 radical (unpaired) electrons. The van der Waals surface area contributed by atoms with Crippen LogP contribution in [0.1, 0.15) is 0 Å². The van der Waals surface area contributed by atoms with Gasteiger partial charge in [-0.05, 0) is 12.1 Å². The first-order valence-corrected chi connectivity index (χ1v) is 4.59. The molecule has 0 spiro atoms. The van der Waals surface area contributed by atoms with E-state index in [1.165, 1.54) is 0 Å². The Morgan fingerprint density at radius 3 is 2.92 bits per heavy atom. The van der Waals surface area contributed by atoms with Crippen LogP contribution in [0, 0.1) is 0 Å². The summed E-state index contributed by atoms with van der Waals surface area (Å²) in [6.07, 6.45) is 1.73. The predicted octanol–water partition coefficient (Wildman–Crippen LogP) is 3.07. The Balaban J connectivity index is 2.57. The van der Waals surface area contributed by atoms with Gasteiger partial charge in [0.2, 0.25) is 0 Å². The highest BCUT2D eigenvalue weighted by Crippen LogP contribution is 2.27. The average Bonchev–Trinajstić information content (AvgIpc) is 2.60. The van der Waals surface area contributed by atoms with Crippen molar-refractivity contribution in [2.45, 2.75) is 0 Å². The summed E-state index contributed by atoms with van der Waals surface area (Å²) in [7, 11) is 1.93. The molecule has 0 atom stereocenters. The summed E-state index contributed by atoms with van der Waals surface area (Å²) < 4.78 is 5.37. The summed E-state index contributed by atoms with van der Waals surface area (Å²) in [5, 5.41) is 1.10. The lowest BCUT2D eigenvalue weighted by atomic mass is 10.2. The Hall–Kier alpha value is -1.15. The maximum atomic E-state index is 5.73. The van der Waals surface area contributed by atoms with Gasteiger partial charge in [-0.3, -0.25) is 0 Å². The van der Waals surface area contributed by atoms with Crippen molar-refractivity contribution in [2.24, 2.45) is 0 Å². The van der Waals surface area contributed by atoms with E-state index in [0.717, 1.165) is 16.7 Å². The van der Waals surface area contributed by atoms with Gasteiger partial charge >= 0.3 is 0 Å². The molecular formula is C10H10ClNO. The number of nitrogens with zero attached hydrogens (tertiary/aromatic N) is 1. The lowest BCUT2D eigenvalue weighted by molar-refractivity contribution is 0.615. The molecule has 13 heavy (non-hydrogen) atoms. The van der Waals surface area contributed by atoms with Crippen LogP contribution < -0.4 is 4.90 Å². The minimum Gasteiger partial charge on any atom is -0.462 e. The van der Waals surface area contributed by atoms with Crippen LogP contribution in [0.25, 0.3) is 11.0 Å². The van der Waals surface area contributed by atoms with Gasteiger partial charge in [0.25, 0.3) is 0 Å². The SMILES string of the molecule is CN(CCl)c1coc2ccccc12. The smallest absolute Gasteiger partial charge is 0.136 e. The normalized spacial score (nSPS) is 10.6. The van der Waals surface area contributed by atoms with Gasteiger partial charge in [0.1, 0.15) is 11.8 Å². The van der Waals surface area contributed by atoms with Crippen molar-refractivity contribution < 1.29 is 4.42 Å². The third-order valence-corrected chi connectivity index (χ3v) is 2.41. The number of fused-ring (bicyclic) bond motifs is 1. The first-order chi connectivity index (χ1) is 6.33. The predicted molar refractivity (Wildman–Crippen MR) is 55.3 cm³/mol. The quantitative estimate of drug-likeness (QED) is 0.541. The van der Waals surface area contributed by atoms with Gasteiger partial charge in [0.15, 0.2) is 0 Å². The van der Waals surface area contributed by atoms with E-state index in [1.807, 2.05) is 36.2 Å². The minimum absolute atomic E-state index is 0.462. The molecule has 0 N–H and O–H groups in total. The topological polar surface area (TPSA) is 16.4 Å². The molecule has 0 saturated carbocycles. The molecule has 1 heterocycles. The van der Waals surface area contributed by atoms with Crippen LogP contribution in [0.15, 0.2) is 34.9 Å². The van der Waals surface area contributed by atoms with Gasteiger partial charge in [-0.15, -0.1) is 11.6 Å². The maximum Gasteiger partial charge on any atom is 0.136 e. The number of hydrogen-bond donors (Lipinski definition) is 0. The number of rotatable bonds is 2. The Morgan fingerprint density at radius 1 is 1.38 bits per heavy atom. The van der Waals surface area contributed by atoms with Crippen LogP contribution >= 0.6 is 11.6 Å². The number of para-hydroxylation sites is 1. The molecule has 0 fully saturated rings. The molecule has 2 aromatic rings. The van der Waals surface area contributed by atoms with E-state index in [-0.39, 0.29) is 0 Å². The molecule has 2 rings (SSSR count). The first kappa shape index (κ1) is 8.45. The van der Waals surface area contributed by atoms with E-state index >= 15 is 0 Å². The van der Waals surface area contributed by atoms with Gasteiger partial charge in [-0.25, -0.2) is 0 Å². The second-order valence-corrected chi connectivity index (χ2v) is 3.17. The second-order valence-electron chi connectivity index (χ2n) is 2.93. The number of furan rings is 1. The van der Waals surface area contributed by atoms with E-state index in [2.05, 4.69) is 0 Å². The summed E-state index contributed by atoms with van der Waals surface area (Å²) >= 11 is 5.73. The van der Waals surface area contributed by atoms with Gasteiger partial charge in [0, 0.05) is 12.4 Å². The van der Waals surface area contributed by atoms with Crippen LogP contribution in [0.5, 0.6) is 0 Å². The third-order valence-electron chi connectivity index (χ3n) is 2.05. The number of benzene rings is 1. The Morgan fingerprint density at radius 2 is 2.15 bits per heavy atom. The molecule has 2 nitrogen and oxygen atoms in total. The molecule has 0 amide bonds. The molecule has 3 heteroatoms. The summed E-state index contributed by atoms with van der Waals surface area (Å²) in [5.74, 6) is 0. The standard InChI is InChI=1S/C10H10ClNO/c1-12(7-11)9-6-13-10-5-3-2-4-8(9)10/h2-6H,7H2,1H3. The van der Waals surface area contributed by atoms with Crippen molar-refractivity contribution >= 4 is 28.3 Å². The lowest BCUT2D eigenvalue weighted by Crippen LogP contribution is -2.13. The summed E-state index contributed by atoms with van der Waals surface area (Å²) in [6, 6.07) is 8.38. The fraction of sp³-hybridized carbons (Fsp3) is 0.200. The summed E-state index contributed by atoms with van der Waals surface area (Å²) in [4.78, 5) is 1.94. The highest BCUT2D eigenvalue weighted by Gasteiger charge is 2.07. The van der Waals surface area contributed by atoms with Gasteiger partial charge in [0.05, 0.1) is 11.7 Å². The van der Waals surface area contributed by atoms with Crippen LogP contribution in [-0.2, 0) is 0 Å². The highest BCUT2D eigenvalue weighted by molar-refractivity contribution is 6.19. The molecule has 0 bridgehead atoms. The van der Waals surface area contributed by atoms with Crippen LogP contribution in [0.3, 0.4) is 0 Å². The molecule has 1 aromatic carbocycles. The molecule has 0 saturated heterocycles. The fourth-order valence-corrected chi connectivity index (χ4v) is 1.45. The summed E-state index contributed by atoms with van der Waals surface area (Å²) in [5.41, 5.74) is 1.93. The Kier molecular flexibility index (Phi) is 2.15. The number of halogens is 1. The average molecular weight is 196 g/mol. The van der Waals surface area contributed by atoms with Crippen molar-refractivity contribution in [3.63, 3.8) is 0 Å². The molecular weight excluding hydrogens is 186 g/mol. The molecule has 0 aliphatic rings. The van der Waals surface area contributed by atoms with Crippen molar-refractivity contribution in [3.8, 4) is 0 Å². The maximum absolute atomic E-state index is 5.73. The fourth-order valence-electron chi connectivity index (χ4n) is 1.32. The third kappa shape index (κ3) is 1.38. The zero-order valence-corrected chi connectivity index (χ0v) is 8.08. The van der Waals surface area contributed by atoms with E-state index in [0.29, 0.717) is 6.00 Å². The van der Waals surface area contributed by atoms with E-state index in [4.69, 9.17) is 16.0 Å². The Labute approximate surface area is 81.7 Å². The largest absolute Gasteiger partial charge is 0.462 e. The van der Waals surface area contributed by atoms with E-state index in [9.17, 15) is 0 Å². The summed E-state index contributed by atoms with van der Waals surface area (Å²) in [6.45, 7) is 0. The lowest BCUT2D eigenvalue weighted by Gasteiger charge is -2.12.